The highest BCUT2D eigenvalue weighted by atomic mass is 16.5. The van der Waals surface area contributed by atoms with E-state index in [-0.39, 0.29) is 11.8 Å². The Bertz CT molecular complexity index is 554. The molecule has 0 heterocycles. The molecule has 0 aromatic heterocycles. The Balaban J connectivity index is 1.59. The summed E-state index contributed by atoms with van der Waals surface area (Å²) in [7, 11) is 0. The summed E-state index contributed by atoms with van der Waals surface area (Å²) in [4.78, 5) is 12.4. The maximum Gasteiger partial charge on any atom is 0.223 e. The average molecular weight is 316 g/mol. The second-order valence-corrected chi connectivity index (χ2v) is 7.12. The number of hydrogen-bond acceptors (Lipinski definition) is 3. The first-order valence-corrected chi connectivity index (χ1v) is 8.87. The lowest BCUT2D eigenvalue weighted by Gasteiger charge is -2.18. The highest BCUT2D eigenvalue weighted by molar-refractivity contribution is 5.79. The first-order valence-electron chi connectivity index (χ1n) is 8.87. The van der Waals surface area contributed by atoms with Crippen molar-refractivity contribution in [1.29, 1.82) is 0 Å². The van der Waals surface area contributed by atoms with E-state index in [0.717, 1.165) is 43.1 Å². The summed E-state index contributed by atoms with van der Waals surface area (Å²) in [5.74, 6) is 2.22. The SMILES string of the molecule is Cc1ccc(CNC(=O)[C@@H]2CCC[C@@H]2CN)c(OCC2CC2)c1. The summed E-state index contributed by atoms with van der Waals surface area (Å²) in [5.41, 5.74) is 8.03. The van der Waals surface area contributed by atoms with Crippen molar-refractivity contribution < 1.29 is 9.53 Å². The number of benzene rings is 1. The largest absolute Gasteiger partial charge is 0.493 e. The molecule has 1 aromatic rings. The van der Waals surface area contributed by atoms with E-state index < -0.39 is 0 Å². The molecule has 126 valence electrons. The minimum atomic E-state index is 0.0845. The molecule has 0 aliphatic heterocycles. The Morgan fingerprint density at radius 1 is 1.30 bits per heavy atom. The Labute approximate surface area is 138 Å². The molecular weight excluding hydrogens is 288 g/mol. The van der Waals surface area contributed by atoms with Crippen LogP contribution in [0.3, 0.4) is 0 Å². The third-order valence-electron chi connectivity index (χ3n) is 5.15. The third-order valence-corrected chi connectivity index (χ3v) is 5.15. The summed E-state index contributed by atoms with van der Waals surface area (Å²) < 4.78 is 5.97. The summed E-state index contributed by atoms with van der Waals surface area (Å²) in [5, 5.41) is 3.09. The summed E-state index contributed by atoms with van der Waals surface area (Å²) in [6.45, 7) is 4.00. The van der Waals surface area contributed by atoms with Crippen molar-refractivity contribution in [3.8, 4) is 5.75 Å². The quantitative estimate of drug-likeness (QED) is 0.813. The van der Waals surface area contributed by atoms with Gasteiger partial charge < -0.3 is 15.8 Å². The number of rotatable bonds is 7. The summed E-state index contributed by atoms with van der Waals surface area (Å²) in [6, 6.07) is 6.21. The summed E-state index contributed by atoms with van der Waals surface area (Å²) >= 11 is 0. The first-order chi connectivity index (χ1) is 11.2. The fourth-order valence-corrected chi connectivity index (χ4v) is 3.41. The molecule has 1 amide bonds. The molecule has 0 radical (unpaired) electrons. The van der Waals surface area contributed by atoms with E-state index in [1.54, 1.807) is 0 Å². The van der Waals surface area contributed by atoms with Gasteiger partial charge in [0.15, 0.2) is 0 Å². The van der Waals surface area contributed by atoms with Crippen LogP contribution < -0.4 is 15.8 Å². The van der Waals surface area contributed by atoms with Crippen LogP contribution >= 0.6 is 0 Å². The van der Waals surface area contributed by atoms with Crippen molar-refractivity contribution in [3.63, 3.8) is 0 Å². The number of carbonyl (C=O) groups excluding carboxylic acids is 1. The van der Waals surface area contributed by atoms with Crippen molar-refractivity contribution in [1.82, 2.24) is 5.32 Å². The molecule has 2 aliphatic carbocycles. The molecule has 2 fully saturated rings. The van der Waals surface area contributed by atoms with Gasteiger partial charge in [0.1, 0.15) is 5.75 Å². The number of nitrogens with two attached hydrogens (primary N) is 1. The number of ether oxygens (including phenoxy) is 1. The zero-order chi connectivity index (χ0) is 16.2. The molecule has 4 heteroatoms. The van der Waals surface area contributed by atoms with Gasteiger partial charge in [0.05, 0.1) is 6.61 Å². The number of nitrogens with one attached hydrogen (secondary N) is 1. The molecule has 0 spiro atoms. The van der Waals surface area contributed by atoms with Crippen LogP contribution in [0.25, 0.3) is 0 Å². The molecule has 3 N–H and O–H groups in total. The normalized spacial score (nSPS) is 23.7. The molecule has 0 saturated heterocycles. The lowest BCUT2D eigenvalue weighted by atomic mass is 9.95. The van der Waals surface area contributed by atoms with E-state index in [9.17, 15) is 4.79 Å². The Morgan fingerprint density at radius 3 is 2.87 bits per heavy atom. The average Bonchev–Trinajstić information content (AvgIpc) is 3.26. The number of amides is 1. The van der Waals surface area contributed by atoms with Crippen LogP contribution in [0, 0.1) is 24.7 Å². The van der Waals surface area contributed by atoms with E-state index in [4.69, 9.17) is 10.5 Å². The number of carbonyl (C=O) groups is 1. The maximum atomic E-state index is 12.4. The van der Waals surface area contributed by atoms with Gasteiger partial charge in [-0.25, -0.2) is 0 Å². The lowest BCUT2D eigenvalue weighted by Crippen LogP contribution is -2.34. The van der Waals surface area contributed by atoms with Crippen molar-refractivity contribution in [2.75, 3.05) is 13.2 Å². The van der Waals surface area contributed by atoms with E-state index in [2.05, 4.69) is 30.4 Å². The smallest absolute Gasteiger partial charge is 0.223 e. The van der Waals surface area contributed by atoms with Crippen LogP contribution in [-0.4, -0.2) is 19.1 Å². The molecule has 0 unspecified atom stereocenters. The van der Waals surface area contributed by atoms with Gasteiger partial charge in [0, 0.05) is 18.0 Å². The fraction of sp³-hybridized carbons (Fsp3) is 0.632. The monoisotopic (exact) mass is 316 g/mol. The lowest BCUT2D eigenvalue weighted by molar-refractivity contribution is -0.126. The standard InChI is InChI=1S/C19H28N2O2/c1-13-5-8-16(18(9-13)23-12-14-6-7-14)11-21-19(22)17-4-2-3-15(17)10-20/h5,8-9,14-15,17H,2-4,6-7,10-12,20H2,1H3,(H,21,22)/t15-,17-/m1/s1. The molecule has 1 aromatic carbocycles. The Kier molecular flexibility index (Phi) is 5.21. The van der Waals surface area contributed by atoms with Crippen molar-refractivity contribution >= 4 is 5.91 Å². The van der Waals surface area contributed by atoms with Crippen LogP contribution in [0.5, 0.6) is 5.75 Å². The van der Waals surface area contributed by atoms with Gasteiger partial charge in [-0.3, -0.25) is 4.79 Å². The van der Waals surface area contributed by atoms with Gasteiger partial charge in [0.2, 0.25) is 5.91 Å². The van der Waals surface area contributed by atoms with Crippen LogP contribution in [-0.2, 0) is 11.3 Å². The third kappa shape index (κ3) is 4.25. The van der Waals surface area contributed by atoms with E-state index in [1.807, 2.05) is 0 Å². The molecule has 0 bridgehead atoms. The first kappa shape index (κ1) is 16.3. The van der Waals surface area contributed by atoms with Crippen LogP contribution in [0.4, 0.5) is 0 Å². The van der Waals surface area contributed by atoms with Gasteiger partial charge >= 0.3 is 0 Å². The Hall–Kier alpha value is -1.55. The fourth-order valence-electron chi connectivity index (χ4n) is 3.41. The van der Waals surface area contributed by atoms with Gasteiger partial charge in [-0.1, -0.05) is 18.6 Å². The molecule has 4 nitrogen and oxygen atoms in total. The van der Waals surface area contributed by atoms with E-state index in [0.29, 0.717) is 19.0 Å². The van der Waals surface area contributed by atoms with Crippen LogP contribution in [0.2, 0.25) is 0 Å². The topological polar surface area (TPSA) is 64.4 Å². The van der Waals surface area contributed by atoms with Gasteiger partial charge in [-0.05, 0) is 62.6 Å². The molecule has 2 atom stereocenters. The van der Waals surface area contributed by atoms with E-state index in [1.165, 1.54) is 18.4 Å². The summed E-state index contributed by atoms with van der Waals surface area (Å²) in [6.07, 6.45) is 5.71. The second-order valence-electron chi connectivity index (χ2n) is 7.12. The van der Waals surface area contributed by atoms with Crippen LogP contribution in [0.1, 0.15) is 43.2 Å². The van der Waals surface area contributed by atoms with Gasteiger partial charge in [-0.2, -0.15) is 0 Å². The van der Waals surface area contributed by atoms with Crippen molar-refractivity contribution in [2.45, 2.75) is 45.6 Å². The van der Waals surface area contributed by atoms with E-state index >= 15 is 0 Å². The number of hydrogen-bond donors (Lipinski definition) is 2. The minimum absolute atomic E-state index is 0.0845. The predicted octanol–water partition coefficient (Wildman–Crippen LogP) is 2.78. The van der Waals surface area contributed by atoms with Crippen molar-refractivity contribution in [2.24, 2.45) is 23.5 Å². The molecule has 2 saturated carbocycles. The molecule has 2 aliphatic rings. The molecule has 23 heavy (non-hydrogen) atoms. The highest BCUT2D eigenvalue weighted by Crippen LogP contribution is 2.32. The van der Waals surface area contributed by atoms with Crippen molar-refractivity contribution in [3.05, 3.63) is 29.3 Å². The van der Waals surface area contributed by atoms with Crippen LogP contribution in [0.15, 0.2) is 18.2 Å². The zero-order valence-electron chi connectivity index (χ0n) is 14.0. The highest BCUT2D eigenvalue weighted by Gasteiger charge is 2.31. The maximum absolute atomic E-state index is 12.4. The Morgan fingerprint density at radius 2 is 2.13 bits per heavy atom. The molecular formula is C19H28N2O2. The molecule has 3 rings (SSSR count). The van der Waals surface area contributed by atoms with Gasteiger partial charge in [-0.15, -0.1) is 0 Å². The second kappa shape index (κ2) is 7.35. The predicted molar refractivity (Wildman–Crippen MR) is 91.1 cm³/mol. The van der Waals surface area contributed by atoms with Gasteiger partial charge in [0.25, 0.3) is 0 Å². The number of aryl methyl sites for hydroxylation is 1. The zero-order valence-corrected chi connectivity index (χ0v) is 14.0. The minimum Gasteiger partial charge on any atom is -0.493 e.